The Bertz CT molecular complexity index is 153. The molecule has 0 bridgehead atoms. The van der Waals surface area contributed by atoms with Crippen LogP contribution in [0, 0.1) is 0 Å². The number of thioether (sulfide) groups is 1. The van der Waals surface area contributed by atoms with Gasteiger partial charge in [-0.2, -0.15) is 0 Å². The number of nitrogens with zero attached hydrogens (tertiary/aromatic N) is 1. The van der Waals surface area contributed by atoms with E-state index in [4.69, 9.17) is 0 Å². The van der Waals surface area contributed by atoms with Crippen molar-refractivity contribution in [2.45, 2.75) is 11.9 Å². The van der Waals surface area contributed by atoms with E-state index in [2.05, 4.69) is 10.3 Å². The second-order valence-electron chi connectivity index (χ2n) is 1.97. The molecule has 50 valence electrons. The van der Waals surface area contributed by atoms with E-state index in [-0.39, 0.29) is 4.99 Å². The molecule has 1 atom stereocenters. The van der Waals surface area contributed by atoms with Crippen LogP contribution in [0.4, 0.5) is 0 Å². The third-order valence-corrected chi connectivity index (χ3v) is 2.27. The van der Waals surface area contributed by atoms with E-state index in [1.165, 1.54) is 0 Å². The van der Waals surface area contributed by atoms with E-state index >= 15 is 0 Å². The van der Waals surface area contributed by atoms with E-state index in [0.29, 0.717) is 0 Å². The Labute approximate surface area is 59.4 Å². The number of aliphatic imine (C=N–C) groups is 1. The first kappa shape index (κ1) is 6.68. The topological polar surface area (TPSA) is 24.4 Å². The molecule has 9 heavy (non-hydrogen) atoms. The van der Waals surface area contributed by atoms with Gasteiger partial charge in [-0.15, -0.1) is 11.8 Å². The van der Waals surface area contributed by atoms with Gasteiger partial charge in [0.2, 0.25) is 0 Å². The lowest BCUT2D eigenvalue weighted by molar-refractivity contribution is 0.610. The minimum Gasteiger partial charge on any atom is -0.359 e. The average molecular weight is 142 g/mol. The monoisotopic (exact) mass is 142 g/mol. The van der Waals surface area contributed by atoms with Gasteiger partial charge in [0.1, 0.15) is 0 Å². The number of nitrogens with one attached hydrogen (secondary N) is 1. The zero-order valence-corrected chi connectivity index (χ0v) is 6.40. The predicted octanol–water partition coefficient (Wildman–Crippen LogP) is 1.21. The molecule has 0 fully saturated rings. The normalized spacial score (nSPS) is 32.2. The van der Waals surface area contributed by atoms with Gasteiger partial charge in [-0.1, -0.05) is 0 Å². The molecule has 0 spiro atoms. The van der Waals surface area contributed by atoms with Crippen LogP contribution in [-0.4, -0.2) is 17.5 Å². The molecule has 1 aliphatic heterocycles. The highest BCUT2D eigenvalue weighted by molar-refractivity contribution is 7.99. The van der Waals surface area contributed by atoms with Crippen LogP contribution in [0.3, 0.4) is 0 Å². The van der Waals surface area contributed by atoms with Gasteiger partial charge in [-0.3, -0.25) is 4.99 Å². The molecule has 0 radical (unpaired) electrons. The fourth-order valence-electron chi connectivity index (χ4n) is 0.580. The summed E-state index contributed by atoms with van der Waals surface area (Å²) in [6, 6.07) is 0. The van der Waals surface area contributed by atoms with Crippen LogP contribution in [0.5, 0.6) is 0 Å². The maximum atomic E-state index is 4.22. The van der Waals surface area contributed by atoms with Crippen LogP contribution in [0.2, 0.25) is 0 Å². The van der Waals surface area contributed by atoms with Crippen molar-refractivity contribution in [2.75, 3.05) is 6.26 Å². The van der Waals surface area contributed by atoms with Crippen LogP contribution in [0.15, 0.2) is 17.3 Å². The molecule has 0 aromatic carbocycles. The molecule has 0 aromatic heterocycles. The number of allylic oxidation sites excluding steroid dienone is 1. The van der Waals surface area contributed by atoms with E-state index in [9.17, 15) is 0 Å². The molecule has 2 nitrogen and oxygen atoms in total. The summed E-state index contributed by atoms with van der Waals surface area (Å²) >= 11 is 1.69. The number of hydrogen-bond donors (Lipinski definition) is 1. The standard InChI is InChI=1S/C6H10N2S/c1-6(9-2)7-4-3-5-8-6/h3-5,7H,1-2H3. The maximum absolute atomic E-state index is 4.22. The Hall–Kier alpha value is -0.440. The van der Waals surface area contributed by atoms with E-state index in [1.807, 2.05) is 31.7 Å². The molecule has 0 aromatic rings. The lowest BCUT2D eigenvalue weighted by Crippen LogP contribution is -2.34. The second kappa shape index (κ2) is 2.43. The molecule has 1 unspecified atom stereocenters. The SMILES string of the molecule is CSC1(C)N=CC=CN1. The summed E-state index contributed by atoms with van der Waals surface area (Å²) in [6.45, 7) is 2.04. The minimum atomic E-state index is -0.130. The van der Waals surface area contributed by atoms with Crippen molar-refractivity contribution in [3.05, 3.63) is 12.3 Å². The summed E-state index contributed by atoms with van der Waals surface area (Å²) in [4.78, 5) is 4.09. The Balaban J connectivity index is 2.63. The third kappa shape index (κ3) is 1.48. The van der Waals surface area contributed by atoms with Gasteiger partial charge in [-0.25, -0.2) is 0 Å². The molecule has 0 saturated carbocycles. The Morgan fingerprint density at radius 2 is 2.44 bits per heavy atom. The Morgan fingerprint density at radius 3 is 2.78 bits per heavy atom. The van der Waals surface area contributed by atoms with Crippen molar-refractivity contribution in [3.8, 4) is 0 Å². The van der Waals surface area contributed by atoms with Gasteiger partial charge < -0.3 is 5.32 Å². The first-order chi connectivity index (χ1) is 4.27. The fraction of sp³-hybridized carbons (Fsp3) is 0.500. The van der Waals surface area contributed by atoms with Gasteiger partial charge >= 0.3 is 0 Å². The van der Waals surface area contributed by atoms with Gasteiger partial charge in [-0.05, 0) is 19.3 Å². The van der Waals surface area contributed by atoms with Crippen LogP contribution in [0.25, 0.3) is 0 Å². The zero-order chi connectivity index (χ0) is 6.74. The summed E-state index contributed by atoms with van der Waals surface area (Å²) in [7, 11) is 0. The van der Waals surface area contributed by atoms with Crippen LogP contribution in [-0.2, 0) is 0 Å². The largest absolute Gasteiger partial charge is 0.359 e. The van der Waals surface area contributed by atoms with Crippen LogP contribution < -0.4 is 5.32 Å². The summed E-state index contributed by atoms with van der Waals surface area (Å²) in [6.07, 6.45) is 7.64. The highest BCUT2D eigenvalue weighted by atomic mass is 32.2. The van der Waals surface area contributed by atoms with Crippen LogP contribution >= 0.6 is 11.8 Å². The first-order valence-electron chi connectivity index (χ1n) is 2.80. The average Bonchev–Trinajstić information content (AvgIpc) is 1.90. The minimum absolute atomic E-state index is 0.130. The molecular formula is C6H10N2S. The molecule has 1 aliphatic rings. The summed E-state index contributed by atoms with van der Waals surface area (Å²) < 4.78 is 0. The van der Waals surface area contributed by atoms with Crippen molar-refractivity contribution in [3.63, 3.8) is 0 Å². The molecule has 0 amide bonds. The van der Waals surface area contributed by atoms with E-state index < -0.39 is 0 Å². The maximum Gasteiger partial charge on any atom is 0.173 e. The molecule has 1 N–H and O–H groups in total. The summed E-state index contributed by atoms with van der Waals surface area (Å²) in [5.41, 5.74) is 0. The third-order valence-electron chi connectivity index (χ3n) is 1.25. The summed E-state index contributed by atoms with van der Waals surface area (Å²) in [5, 5.41) is 3.13. The Kier molecular flexibility index (Phi) is 1.81. The highest BCUT2D eigenvalue weighted by Crippen LogP contribution is 2.20. The summed E-state index contributed by atoms with van der Waals surface area (Å²) in [5.74, 6) is 0. The number of hydrogen-bond acceptors (Lipinski definition) is 3. The molecular weight excluding hydrogens is 132 g/mol. The van der Waals surface area contributed by atoms with Gasteiger partial charge in [0.05, 0.1) is 0 Å². The van der Waals surface area contributed by atoms with Crippen molar-refractivity contribution in [1.29, 1.82) is 0 Å². The van der Waals surface area contributed by atoms with Crippen molar-refractivity contribution in [2.24, 2.45) is 4.99 Å². The van der Waals surface area contributed by atoms with Gasteiger partial charge in [0, 0.05) is 12.4 Å². The van der Waals surface area contributed by atoms with E-state index in [0.717, 1.165) is 0 Å². The fourth-order valence-corrected chi connectivity index (χ4v) is 0.932. The smallest absolute Gasteiger partial charge is 0.173 e. The lowest BCUT2D eigenvalue weighted by Gasteiger charge is -2.24. The predicted molar refractivity (Wildman–Crippen MR) is 42.7 cm³/mol. The van der Waals surface area contributed by atoms with Gasteiger partial charge in [0.15, 0.2) is 4.99 Å². The molecule has 0 aliphatic carbocycles. The number of rotatable bonds is 1. The van der Waals surface area contributed by atoms with Crippen molar-refractivity contribution >= 4 is 18.0 Å². The van der Waals surface area contributed by atoms with Crippen molar-refractivity contribution in [1.82, 2.24) is 5.32 Å². The molecule has 3 heteroatoms. The second-order valence-corrected chi connectivity index (χ2v) is 3.17. The van der Waals surface area contributed by atoms with Gasteiger partial charge in [0.25, 0.3) is 0 Å². The lowest BCUT2D eigenvalue weighted by atomic mass is 10.5. The van der Waals surface area contributed by atoms with E-state index in [1.54, 1.807) is 11.8 Å². The zero-order valence-electron chi connectivity index (χ0n) is 5.59. The Morgan fingerprint density at radius 1 is 1.67 bits per heavy atom. The molecule has 1 heterocycles. The highest BCUT2D eigenvalue weighted by Gasteiger charge is 2.18. The van der Waals surface area contributed by atoms with Crippen molar-refractivity contribution < 1.29 is 0 Å². The first-order valence-corrected chi connectivity index (χ1v) is 4.02. The quantitative estimate of drug-likeness (QED) is 0.595. The molecule has 1 rings (SSSR count). The van der Waals surface area contributed by atoms with Crippen LogP contribution in [0.1, 0.15) is 6.92 Å². The molecule has 0 saturated heterocycles.